The zero-order chi connectivity index (χ0) is 24.0. The van der Waals surface area contributed by atoms with E-state index in [-0.39, 0.29) is 5.69 Å². The van der Waals surface area contributed by atoms with Crippen LogP contribution in [-0.2, 0) is 18.3 Å². The van der Waals surface area contributed by atoms with Crippen LogP contribution in [0.4, 0.5) is 13.2 Å². The van der Waals surface area contributed by atoms with Crippen molar-refractivity contribution in [3.8, 4) is 11.6 Å². The van der Waals surface area contributed by atoms with Crippen LogP contribution in [0.1, 0.15) is 44.0 Å². The molecular weight excluding hydrogens is 457 g/mol. The summed E-state index contributed by atoms with van der Waals surface area (Å²) in [5.41, 5.74) is -1.80. The number of benzene rings is 1. The van der Waals surface area contributed by atoms with Gasteiger partial charge in [0.15, 0.2) is 5.60 Å². The summed E-state index contributed by atoms with van der Waals surface area (Å²) < 4.78 is 53.8. The summed E-state index contributed by atoms with van der Waals surface area (Å²) in [6.07, 6.45) is -3.92. The average molecular weight is 483 g/mol. The van der Waals surface area contributed by atoms with Crippen LogP contribution in [0, 0.1) is 0 Å². The van der Waals surface area contributed by atoms with Gasteiger partial charge in [-0.05, 0) is 42.5 Å². The maximum atomic E-state index is 14.3. The van der Waals surface area contributed by atoms with Crippen molar-refractivity contribution in [1.82, 2.24) is 9.97 Å². The van der Waals surface area contributed by atoms with Crippen molar-refractivity contribution in [1.29, 1.82) is 0 Å². The standard InChI is InChI=1S/C24H26ClF3N2O3/c1-4-32-20-9-15-8-17(30-19(15)12-29-20)11-23(31,24(26,27)28)13-22(2,3)18-10-16(25)7-14-5-6-33-21(14)18/h7-10,12,30-31H,4-6,11,13H2,1-3H3. The number of fused-ring (bicyclic) bond motifs is 2. The maximum Gasteiger partial charge on any atom is 0.417 e. The first-order valence-corrected chi connectivity index (χ1v) is 11.1. The van der Waals surface area contributed by atoms with E-state index in [0.717, 1.165) is 5.56 Å². The lowest BCUT2D eigenvalue weighted by Gasteiger charge is -2.38. The Morgan fingerprint density at radius 3 is 2.67 bits per heavy atom. The molecule has 2 N–H and O–H groups in total. The Morgan fingerprint density at radius 2 is 1.97 bits per heavy atom. The van der Waals surface area contributed by atoms with Crippen LogP contribution in [0.25, 0.3) is 10.9 Å². The molecule has 1 aliphatic rings. The van der Waals surface area contributed by atoms with Gasteiger partial charge >= 0.3 is 6.18 Å². The Hall–Kier alpha value is -2.45. The van der Waals surface area contributed by atoms with Gasteiger partial charge < -0.3 is 19.6 Å². The van der Waals surface area contributed by atoms with E-state index in [0.29, 0.717) is 52.8 Å². The highest BCUT2D eigenvalue weighted by atomic mass is 35.5. The quantitative estimate of drug-likeness (QED) is 0.449. The van der Waals surface area contributed by atoms with E-state index < -0.39 is 30.0 Å². The normalized spacial score (nSPS) is 15.9. The first-order chi connectivity index (χ1) is 15.4. The second-order valence-electron chi connectivity index (χ2n) is 9.14. The van der Waals surface area contributed by atoms with Crippen molar-refractivity contribution in [2.24, 2.45) is 0 Å². The van der Waals surface area contributed by atoms with Crippen LogP contribution in [0.2, 0.25) is 5.02 Å². The molecule has 0 bridgehead atoms. The largest absolute Gasteiger partial charge is 0.493 e. The van der Waals surface area contributed by atoms with Crippen molar-refractivity contribution in [3.63, 3.8) is 0 Å². The minimum absolute atomic E-state index is 0.253. The molecule has 1 unspecified atom stereocenters. The third kappa shape index (κ3) is 4.64. The highest BCUT2D eigenvalue weighted by Gasteiger charge is 2.56. The lowest BCUT2D eigenvalue weighted by Crippen LogP contribution is -2.51. The summed E-state index contributed by atoms with van der Waals surface area (Å²) in [5, 5.41) is 12.1. The van der Waals surface area contributed by atoms with E-state index in [1.54, 1.807) is 38.1 Å². The first kappa shape index (κ1) is 23.7. The molecule has 33 heavy (non-hydrogen) atoms. The molecule has 0 saturated heterocycles. The maximum absolute atomic E-state index is 14.3. The number of aromatic nitrogens is 2. The lowest BCUT2D eigenvalue weighted by molar-refractivity contribution is -0.266. The average Bonchev–Trinajstić information content (AvgIpc) is 3.31. The fourth-order valence-corrected chi connectivity index (χ4v) is 4.81. The molecule has 1 atom stereocenters. The molecule has 9 heteroatoms. The van der Waals surface area contributed by atoms with E-state index >= 15 is 0 Å². The number of hydrogen-bond donors (Lipinski definition) is 2. The van der Waals surface area contributed by atoms with Crippen LogP contribution in [0.5, 0.6) is 11.6 Å². The molecule has 0 saturated carbocycles. The Bertz CT molecular complexity index is 1180. The fourth-order valence-electron chi connectivity index (χ4n) is 4.57. The molecule has 178 valence electrons. The van der Waals surface area contributed by atoms with E-state index in [1.807, 2.05) is 6.92 Å². The highest BCUT2D eigenvalue weighted by Crippen LogP contribution is 2.47. The zero-order valence-electron chi connectivity index (χ0n) is 18.6. The number of rotatable bonds is 7. The molecule has 0 fully saturated rings. The lowest BCUT2D eigenvalue weighted by atomic mass is 9.73. The molecule has 4 rings (SSSR count). The molecular formula is C24H26ClF3N2O3. The molecule has 3 heterocycles. The SMILES string of the molecule is CCOc1cc2cc(CC(O)(CC(C)(C)c3cc(Cl)cc4c3OCC4)C(F)(F)F)[nH]c2cn1. The van der Waals surface area contributed by atoms with Gasteiger partial charge in [0.05, 0.1) is 24.9 Å². The van der Waals surface area contributed by atoms with Gasteiger partial charge in [0.1, 0.15) is 5.75 Å². The van der Waals surface area contributed by atoms with Crippen LogP contribution in [0.3, 0.4) is 0 Å². The van der Waals surface area contributed by atoms with Crippen molar-refractivity contribution in [2.75, 3.05) is 13.2 Å². The predicted octanol–water partition coefficient (Wildman–Crippen LogP) is 5.75. The summed E-state index contributed by atoms with van der Waals surface area (Å²) in [7, 11) is 0. The molecule has 3 aromatic rings. The van der Waals surface area contributed by atoms with Gasteiger partial charge in [-0.3, -0.25) is 0 Å². The number of ether oxygens (including phenoxy) is 2. The number of nitrogens with one attached hydrogen (secondary N) is 1. The van der Waals surface area contributed by atoms with Gasteiger partial charge in [0.25, 0.3) is 0 Å². The first-order valence-electron chi connectivity index (χ1n) is 10.8. The van der Waals surface area contributed by atoms with Crippen LogP contribution < -0.4 is 9.47 Å². The number of H-pyrrole nitrogens is 1. The number of hydrogen-bond acceptors (Lipinski definition) is 4. The molecule has 0 aliphatic carbocycles. The van der Waals surface area contributed by atoms with Crippen LogP contribution in [0.15, 0.2) is 30.5 Å². The van der Waals surface area contributed by atoms with Crippen molar-refractivity contribution >= 4 is 22.5 Å². The topological polar surface area (TPSA) is 67.4 Å². The summed E-state index contributed by atoms with van der Waals surface area (Å²) in [6, 6.07) is 6.65. The summed E-state index contributed by atoms with van der Waals surface area (Å²) in [6.45, 7) is 6.03. The Kier molecular flexibility index (Phi) is 6.03. The number of aromatic amines is 1. The monoisotopic (exact) mass is 482 g/mol. The summed E-state index contributed by atoms with van der Waals surface area (Å²) in [4.78, 5) is 7.08. The zero-order valence-corrected chi connectivity index (χ0v) is 19.4. The minimum Gasteiger partial charge on any atom is -0.493 e. The summed E-state index contributed by atoms with van der Waals surface area (Å²) >= 11 is 6.24. The smallest absolute Gasteiger partial charge is 0.417 e. The molecule has 0 amide bonds. The van der Waals surface area contributed by atoms with Crippen molar-refractivity contribution < 1.29 is 27.8 Å². The number of alkyl halides is 3. The van der Waals surface area contributed by atoms with E-state index in [9.17, 15) is 18.3 Å². The minimum atomic E-state index is -4.86. The van der Waals surface area contributed by atoms with Gasteiger partial charge in [0.2, 0.25) is 5.88 Å². The van der Waals surface area contributed by atoms with Crippen LogP contribution in [-0.4, -0.2) is 40.1 Å². The molecule has 0 radical (unpaired) electrons. The highest BCUT2D eigenvalue weighted by molar-refractivity contribution is 6.30. The third-order valence-corrected chi connectivity index (χ3v) is 6.27. The third-order valence-electron chi connectivity index (χ3n) is 6.05. The molecule has 1 aliphatic heterocycles. The number of nitrogens with zero attached hydrogens (tertiary/aromatic N) is 1. The predicted molar refractivity (Wildman–Crippen MR) is 120 cm³/mol. The van der Waals surface area contributed by atoms with Gasteiger partial charge in [0, 0.05) is 40.6 Å². The van der Waals surface area contributed by atoms with Crippen molar-refractivity contribution in [2.45, 2.75) is 57.2 Å². The Morgan fingerprint density at radius 1 is 1.21 bits per heavy atom. The second kappa shape index (κ2) is 8.40. The number of halogens is 4. The second-order valence-corrected chi connectivity index (χ2v) is 9.58. The van der Waals surface area contributed by atoms with Gasteiger partial charge in [-0.15, -0.1) is 0 Å². The fraction of sp³-hybridized carbons (Fsp3) is 0.458. The molecule has 0 spiro atoms. The Balaban J connectivity index is 1.68. The van der Waals surface area contributed by atoms with Gasteiger partial charge in [-0.1, -0.05) is 25.4 Å². The molecule has 2 aromatic heterocycles. The van der Waals surface area contributed by atoms with E-state index in [1.165, 1.54) is 6.20 Å². The van der Waals surface area contributed by atoms with E-state index in [4.69, 9.17) is 21.1 Å². The van der Waals surface area contributed by atoms with Crippen LogP contribution >= 0.6 is 11.6 Å². The van der Waals surface area contributed by atoms with Crippen molar-refractivity contribution in [3.05, 3.63) is 52.3 Å². The van der Waals surface area contributed by atoms with E-state index in [2.05, 4.69) is 9.97 Å². The number of pyridine rings is 1. The number of aliphatic hydroxyl groups is 1. The summed E-state index contributed by atoms with van der Waals surface area (Å²) in [5.74, 6) is 0.951. The molecule has 5 nitrogen and oxygen atoms in total. The molecule has 1 aromatic carbocycles. The van der Waals surface area contributed by atoms with Gasteiger partial charge in [-0.2, -0.15) is 13.2 Å². The van der Waals surface area contributed by atoms with Gasteiger partial charge in [-0.25, -0.2) is 4.98 Å². The Labute approximate surface area is 194 Å².